The van der Waals surface area contributed by atoms with E-state index >= 15 is 0 Å². The Morgan fingerprint density at radius 3 is 3.17 bits per heavy atom. The molecule has 3 heterocycles. The second-order valence-electron chi connectivity index (χ2n) is 6.62. The van der Waals surface area contributed by atoms with Gasteiger partial charge in [0, 0.05) is 50.0 Å². The standard InChI is InChI=1S/C18H24N4O2/c1-12-8-13-9-15(23-2)14(10-16(13)24-12)11-19-6-5-18-21-20-17-4-3-7-22(17)18/h9-10,12,19H,3-8,11H2,1-2H3/t12-/m0/s1. The number of methoxy groups -OCH3 is 1. The van der Waals surface area contributed by atoms with Crippen molar-refractivity contribution in [3.63, 3.8) is 0 Å². The van der Waals surface area contributed by atoms with Crippen molar-refractivity contribution in [2.24, 2.45) is 0 Å². The minimum Gasteiger partial charge on any atom is -0.496 e. The zero-order valence-corrected chi connectivity index (χ0v) is 14.3. The number of benzene rings is 1. The van der Waals surface area contributed by atoms with Crippen LogP contribution in [0.4, 0.5) is 0 Å². The quantitative estimate of drug-likeness (QED) is 0.821. The third-order valence-corrected chi connectivity index (χ3v) is 4.83. The first-order valence-corrected chi connectivity index (χ1v) is 8.72. The fourth-order valence-electron chi connectivity index (χ4n) is 3.63. The number of nitrogens with one attached hydrogen (secondary N) is 1. The van der Waals surface area contributed by atoms with Gasteiger partial charge in [0.2, 0.25) is 0 Å². The van der Waals surface area contributed by atoms with Gasteiger partial charge in [-0.2, -0.15) is 0 Å². The molecular formula is C18H24N4O2. The Balaban J connectivity index is 1.36. The Bertz CT molecular complexity index is 741. The van der Waals surface area contributed by atoms with Gasteiger partial charge in [0.15, 0.2) is 0 Å². The summed E-state index contributed by atoms with van der Waals surface area (Å²) < 4.78 is 13.7. The number of fused-ring (bicyclic) bond motifs is 2. The van der Waals surface area contributed by atoms with E-state index in [0.717, 1.165) is 67.6 Å². The summed E-state index contributed by atoms with van der Waals surface area (Å²) in [6.07, 6.45) is 4.36. The number of nitrogens with zero attached hydrogens (tertiary/aromatic N) is 3. The van der Waals surface area contributed by atoms with Crippen LogP contribution in [0.5, 0.6) is 11.5 Å². The SMILES string of the molecule is COc1cc2c(cc1CNCCc1nnc3n1CCC3)O[C@@H](C)C2. The molecule has 4 rings (SSSR count). The van der Waals surface area contributed by atoms with E-state index in [1.165, 1.54) is 12.0 Å². The molecule has 24 heavy (non-hydrogen) atoms. The topological polar surface area (TPSA) is 61.2 Å². The number of aromatic nitrogens is 3. The van der Waals surface area contributed by atoms with Crippen molar-refractivity contribution in [1.82, 2.24) is 20.1 Å². The van der Waals surface area contributed by atoms with Crippen molar-refractivity contribution in [1.29, 1.82) is 0 Å². The summed E-state index contributed by atoms with van der Waals surface area (Å²) in [5.74, 6) is 4.15. The van der Waals surface area contributed by atoms with E-state index in [0.29, 0.717) is 0 Å². The van der Waals surface area contributed by atoms with Crippen molar-refractivity contribution >= 4 is 0 Å². The monoisotopic (exact) mass is 328 g/mol. The Labute approximate surface area is 142 Å². The fourth-order valence-corrected chi connectivity index (χ4v) is 3.63. The number of ether oxygens (including phenoxy) is 2. The third-order valence-electron chi connectivity index (χ3n) is 4.83. The molecule has 0 bridgehead atoms. The van der Waals surface area contributed by atoms with E-state index in [9.17, 15) is 0 Å². The molecule has 1 aromatic heterocycles. The molecule has 2 aliphatic heterocycles. The highest BCUT2D eigenvalue weighted by atomic mass is 16.5. The first-order chi connectivity index (χ1) is 11.7. The van der Waals surface area contributed by atoms with Crippen LogP contribution in [0.3, 0.4) is 0 Å². The Kier molecular flexibility index (Phi) is 4.14. The first kappa shape index (κ1) is 15.4. The second kappa shape index (κ2) is 6.43. The summed E-state index contributed by atoms with van der Waals surface area (Å²) in [5.41, 5.74) is 2.37. The molecule has 0 saturated heterocycles. The van der Waals surface area contributed by atoms with Crippen LogP contribution in [0.25, 0.3) is 0 Å². The van der Waals surface area contributed by atoms with Gasteiger partial charge in [0.05, 0.1) is 7.11 Å². The van der Waals surface area contributed by atoms with E-state index in [2.05, 4.69) is 39.1 Å². The van der Waals surface area contributed by atoms with Crippen LogP contribution in [0.1, 0.15) is 36.1 Å². The summed E-state index contributed by atoms with van der Waals surface area (Å²) in [5, 5.41) is 12.0. The highest BCUT2D eigenvalue weighted by Crippen LogP contribution is 2.34. The number of hydrogen-bond acceptors (Lipinski definition) is 5. The number of rotatable bonds is 6. The van der Waals surface area contributed by atoms with Crippen LogP contribution in [0.2, 0.25) is 0 Å². The third kappa shape index (κ3) is 2.86. The van der Waals surface area contributed by atoms with Gasteiger partial charge in [-0.25, -0.2) is 0 Å². The van der Waals surface area contributed by atoms with Crippen LogP contribution in [-0.2, 0) is 32.4 Å². The fraction of sp³-hybridized carbons (Fsp3) is 0.556. The van der Waals surface area contributed by atoms with E-state index in [-0.39, 0.29) is 6.10 Å². The van der Waals surface area contributed by atoms with Crippen molar-refractivity contribution in [3.05, 3.63) is 34.9 Å². The lowest BCUT2D eigenvalue weighted by Crippen LogP contribution is -2.19. The maximum Gasteiger partial charge on any atom is 0.134 e. The van der Waals surface area contributed by atoms with Crippen LogP contribution in [-0.4, -0.2) is 34.5 Å². The lowest BCUT2D eigenvalue weighted by atomic mass is 10.1. The van der Waals surface area contributed by atoms with Gasteiger partial charge in [-0.3, -0.25) is 0 Å². The van der Waals surface area contributed by atoms with E-state index in [1.807, 2.05) is 0 Å². The summed E-state index contributed by atoms with van der Waals surface area (Å²) in [6.45, 7) is 4.79. The number of hydrogen-bond donors (Lipinski definition) is 1. The molecule has 0 fully saturated rings. The van der Waals surface area contributed by atoms with Gasteiger partial charge in [-0.1, -0.05) is 0 Å². The molecule has 0 amide bonds. The molecule has 1 atom stereocenters. The van der Waals surface area contributed by atoms with Gasteiger partial charge in [0.25, 0.3) is 0 Å². The minimum absolute atomic E-state index is 0.253. The molecule has 0 aliphatic carbocycles. The van der Waals surface area contributed by atoms with Gasteiger partial charge in [-0.05, 0) is 25.5 Å². The molecule has 1 aromatic carbocycles. The van der Waals surface area contributed by atoms with Crippen LogP contribution >= 0.6 is 0 Å². The summed E-state index contributed by atoms with van der Waals surface area (Å²) in [6, 6.07) is 4.22. The average molecular weight is 328 g/mol. The predicted molar refractivity (Wildman–Crippen MR) is 90.5 cm³/mol. The first-order valence-electron chi connectivity index (χ1n) is 8.72. The van der Waals surface area contributed by atoms with Crippen LogP contribution in [0.15, 0.2) is 12.1 Å². The van der Waals surface area contributed by atoms with E-state index in [4.69, 9.17) is 9.47 Å². The largest absolute Gasteiger partial charge is 0.496 e. The molecule has 128 valence electrons. The highest BCUT2D eigenvalue weighted by molar-refractivity contribution is 5.48. The van der Waals surface area contributed by atoms with Gasteiger partial charge in [0.1, 0.15) is 29.3 Å². The van der Waals surface area contributed by atoms with Crippen LogP contribution in [0, 0.1) is 0 Å². The Morgan fingerprint density at radius 2 is 2.29 bits per heavy atom. The average Bonchev–Trinajstić information content (AvgIpc) is 3.25. The molecular weight excluding hydrogens is 304 g/mol. The smallest absolute Gasteiger partial charge is 0.134 e. The zero-order chi connectivity index (χ0) is 16.5. The second-order valence-corrected chi connectivity index (χ2v) is 6.62. The normalized spacial score (nSPS) is 18.3. The molecule has 2 aromatic rings. The molecule has 6 heteroatoms. The number of aryl methyl sites for hydroxylation is 1. The van der Waals surface area contributed by atoms with Crippen molar-refractivity contribution in [2.75, 3.05) is 13.7 Å². The lowest BCUT2D eigenvalue weighted by Gasteiger charge is -2.12. The summed E-state index contributed by atoms with van der Waals surface area (Å²) >= 11 is 0. The maximum absolute atomic E-state index is 5.86. The molecule has 1 N–H and O–H groups in total. The predicted octanol–water partition coefficient (Wildman–Crippen LogP) is 1.89. The van der Waals surface area contributed by atoms with Crippen molar-refractivity contribution < 1.29 is 9.47 Å². The van der Waals surface area contributed by atoms with Gasteiger partial charge in [-0.15, -0.1) is 10.2 Å². The molecule has 0 unspecified atom stereocenters. The Morgan fingerprint density at radius 1 is 1.38 bits per heavy atom. The van der Waals surface area contributed by atoms with E-state index in [1.54, 1.807) is 7.11 Å². The van der Waals surface area contributed by atoms with Crippen molar-refractivity contribution in [3.8, 4) is 11.5 Å². The maximum atomic E-state index is 5.86. The Hall–Kier alpha value is -2.08. The molecule has 0 saturated carbocycles. The van der Waals surface area contributed by atoms with Crippen molar-refractivity contribution in [2.45, 2.75) is 51.8 Å². The zero-order valence-electron chi connectivity index (χ0n) is 14.3. The van der Waals surface area contributed by atoms with Crippen LogP contribution < -0.4 is 14.8 Å². The highest BCUT2D eigenvalue weighted by Gasteiger charge is 2.21. The lowest BCUT2D eigenvalue weighted by molar-refractivity contribution is 0.254. The molecule has 0 spiro atoms. The van der Waals surface area contributed by atoms with Gasteiger partial charge >= 0.3 is 0 Å². The van der Waals surface area contributed by atoms with E-state index < -0.39 is 0 Å². The minimum atomic E-state index is 0.253. The molecule has 0 radical (unpaired) electrons. The summed E-state index contributed by atoms with van der Waals surface area (Å²) in [4.78, 5) is 0. The molecule has 2 aliphatic rings. The van der Waals surface area contributed by atoms with Gasteiger partial charge < -0.3 is 19.4 Å². The molecule has 6 nitrogen and oxygen atoms in total. The summed E-state index contributed by atoms with van der Waals surface area (Å²) in [7, 11) is 1.73.